The maximum absolute atomic E-state index is 12.0. The van der Waals surface area contributed by atoms with Gasteiger partial charge in [0.15, 0.2) is 0 Å². The third kappa shape index (κ3) is 2.93. The zero-order valence-electron chi connectivity index (χ0n) is 10.1. The van der Waals surface area contributed by atoms with Gasteiger partial charge in [0.25, 0.3) is 5.91 Å². The van der Waals surface area contributed by atoms with Crippen LogP contribution >= 0.6 is 0 Å². The van der Waals surface area contributed by atoms with Crippen molar-refractivity contribution in [3.63, 3.8) is 0 Å². The summed E-state index contributed by atoms with van der Waals surface area (Å²) in [6, 6.07) is 0. The summed E-state index contributed by atoms with van der Waals surface area (Å²) in [5.41, 5.74) is 0.439. The zero-order chi connectivity index (χ0) is 12.1. The van der Waals surface area contributed by atoms with Gasteiger partial charge in [-0.15, -0.1) is 0 Å². The third-order valence-electron chi connectivity index (χ3n) is 2.82. The van der Waals surface area contributed by atoms with E-state index in [-0.39, 0.29) is 5.91 Å². The van der Waals surface area contributed by atoms with Crippen molar-refractivity contribution in [2.24, 2.45) is 0 Å². The normalized spacial score (nSPS) is 15.0. The molecule has 0 unspecified atom stereocenters. The number of carbonyl (C=O) groups is 1. The number of likely N-dealkylation sites (tertiary alicyclic amines) is 1. The van der Waals surface area contributed by atoms with Crippen LogP contribution in [0.1, 0.15) is 36.7 Å². The van der Waals surface area contributed by atoms with Crippen molar-refractivity contribution in [1.82, 2.24) is 14.9 Å². The van der Waals surface area contributed by atoms with E-state index >= 15 is 0 Å². The highest BCUT2D eigenvalue weighted by Gasteiger charge is 2.20. The van der Waals surface area contributed by atoms with Gasteiger partial charge in [-0.2, -0.15) is 0 Å². The van der Waals surface area contributed by atoms with Crippen LogP contribution in [0.4, 0.5) is 5.82 Å². The number of rotatable bonds is 4. The molecule has 1 fully saturated rings. The molecule has 1 saturated heterocycles. The van der Waals surface area contributed by atoms with E-state index in [0.29, 0.717) is 5.69 Å². The monoisotopic (exact) mass is 234 g/mol. The molecule has 0 atom stereocenters. The summed E-state index contributed by atoms with van der Waals surface area (Å²) in [7, 11) is 0. The maximum atomic E-state index is 12.0. The lowest BCUT2D eigenvalue weighted by Crippen LogP contribution is -2.28. The second-order valence-corrected chi connectivity index (χ2v) is 4.21. The first-order chi connectivity index (χ1) is 8.31. The quantitative estimate of drug-likeness (QED) is 0.858. The lowest BCUT2D eigenvalue weighted by atomic mass is 10.4. The van der Waals surface area contributed by atoms with Crippen LogP contribution in [0, 0.1) is 0 Å². The Morgan fingerprint density at radius 3 is 2.71 bits per heavy atom. The van der Waals surface area contributed by atoms with E-state index in [9.17, 15) is 4.79 Å². The fourth-order valence-electron chi connectivity index (χ4n) is 1.87. The molecule has 1 aromatic heterocycles. The molecule has 2 heterocycles. The lowest BCUT2D eigenvalue weighted by Gasteiger charge is -2.14. The lowest BCUT2D eigenvalue weighted by molar-refractivity contribution is 0.0786. The fourth-order valence-corrected chi connectivity index (χ4v) is 1.87. The second-order valence-electron chi connectivity index (χ2n) is 4.21. The van der Waals surface area contributed by atoms with Crippen LogP contribution in [0.5, 0.6) is 0 Å². The van der Waals surface area contributed by atoms with E-state index in [1.807, 2.05) is 4.90 Å². The third-order valence-corrected chi connectivity index (χ3v) is 2.82. The smallest absolute Gasteiger partial charge is 0.274 e. The Morgan fingerprint density at radius 2 is 2.12 bits per heavy atom. The Hall–Kier alpha value is -1.65. The van der Waals surface area contributed by atoms with Crippen molar-refractivity contribution in [1.29, 1.82) is 0 Å². The van der Waals surface area contributed by atoms with Crippen LogP contribution in [-0.2, 0) is 0 Å². The fraction of sp³-hybridized carbons (Fsp3) is 0.583. The summed E-state index contributed by atoms with van der Waals surface area (Å²) >= 11 is 0. The molecule has 0 bridgehead atoms. The van der Waals surface area contributed by atoms with Crippen molar-refractivity contribution in [2.45, 2.75) is 26.2 Å². The first kappa shape index (κ1) is 11.8. The summed E-state index contributed by atoms with van der Waals surface area (Å²) < 4.78 is 0. The Kier molecular flexibility index (Phi) is 3.90. The molecule has 92 valence electrons. The molecular formula is C12H18N4O. The predicted molar refractivity (Wildman–Crippen MR) is 66.0 cm³/mol. The molecule has 1 amide bonds. The molecule has 1 aliphatic heterocycles. The van der Waals surface area contributed by atoms with Gasteiger partial charge >= 0.3 is 0 Å². The number of hydrogen-bond acceptors (Lipinski definition) is 4. The number of nitrogens with zero attached hydrogens (tertiary/aromatic N) is 3. The zero-order valence-corrected chi connectivity index (χ0v) is 10.1. The van der Waals surface area contributed by atoms with Crippen LogP contribution in [0.3, 0.4) is 0 Å². The number of nitrogens with one attached hydrogen (secondary N) is 1. The minimum absolute atomic E-state index is 0.00274. The molecule has 0 aromatic carbocycles. The molecule has 0 aliphatic carbocycles. The van der Waals surface area contributed by atoms with E-state index in [2.05, 4.69) is 22.2 Å². The molecule has 0 spiro atoms. The number of carbonyl (C=O) groups excluding carboxylic acids is 1. The summed E-state index contributed by atoms with van der Waals surface area (Å²) in [6.07, 6.45) is 6.40. The van der Waals surface area contributed by atoms with Crippen LogP contribution < -0.4 is 5.32 Å². The van der Waals surface area contributed by atoms with Gasteiger partial charge in [0, 0.05) is 19.6 Å². The largest absolute Gasteiger partial charge is 0.369 e. The summed E-state index contributed by atoms with van der Waals surface area (Å²) in [5, 5.41) is 3.13. The van der Waals surface area contributed by atoms with E-state index in [1.165, 1.54) is 0 Å². The topological polar surface area (TPSA) is 58.1 Å². The van der Waals surface area contributed by atoms with Gasteiger partial charge in [0.1, 0.15) is 11.5 Å². The van der Waals surface area contributed by atoms with Crippen LogP contribution in [-0.4, -0.2) is 40.4 Å². The minimum Gasteiger partial charge on any atom is -0.369 e. The first-order valence-corrected chi connectivity index (χ1v) is 6.16. The SMILES string of the molecule is CCCNc1cnc(C(=O)N2CCCC2)cn1. The highest BCUT2D eigenvalue weighted by atomic mass is 16.2. The number of aromatic nitrogens is 2. The van der Waals surface area contributed by atoms with Crippen molar-refractivity contribution in [3.05, 3.63) is 18.1 Å². The molecule has 1 aliphatic rings. The number of hydrogen-bond donors (Lipinski definition) is 1. The maximum Gasteiger partial charge on any atom is 0.274 e. The molecular weight excluding hydrogens is 216 g/mol. The van der Waals surface area contributed by atoms with Gasteiger partial charge in [-0.1, -0.05) is 6.92 Å². The van der Waals surface area contributed by atoms with Crippen molar-refractivity contribution in [2.75, 3.05) is 25.0 Å². The molecule has 17 heavy (non-hydrogen) atoms. The summed E-state index contributed by atoms with van der Waals surface area (Å²) in [4.78, 5) is 22.2. The Balaban J connectivity index is 1.99. The molecule has 1 aromatic rings. The molecule has 1 N–H and O–H groups in total. The Morgan fingerprint density at radius 1 is 1.35 bits per heavy atom. The number of amides is 1. The number of anilines is 1. The second kappa shape index (κ2) is 5.61. The van der Waals surface area contributed by atoms with Gasteiger partial charge < -0.3 is 10.2 Å². The van der Waals surface area contributed by atoms with E-state index in [4.69, 9.17) is 0 Å². The Labute approximate surface area is 101 Å². The summed E-state index contributed by atoms with van der Waals surface area (Å²) in [5.74, 6) is 0.724. The van der Waals surface area contributed by atoms with Gasteiger partial charge in [0.05, 0.1) is 12.4 Å². The molecule has 5 nitrogen and oxygen atoms in total. The van der Waals surface area contributed by atoms with Crippen molar-refractivity contribution < 1.29 is 4.79 Å². The van der Waals surface area contributed by atoms with Gasteiger partial charge in [-0.25, -0.2) is 9.97 Å². The average molecular weight is 234 g/mol. The van der Waals surface area contributed by atoms with Crippen molar-refractivity contribution >= 4 is 11.7 Å². The van der Waals surface area contributed by atoms with E-state index in [0.717, 1.165) is 44.7 Å². The molecule has 2 rings (SSSR count). The van der Waals surface area contributed by atoms with Gasteiger partial charge in [-0.05, 0) is 19.3 Å². The highest BCUT2D eigenvalue weighted by molar-refractivity contribution is 5.92. The summed E-state index contributed by atoms with van der Waals surface area (Å²) in [6.45, 7) is 4.65. The molecule has 0 radical (unpaired) electrons. The van der Waals surface area contributed by atoms with Gasteiger partial charge in [-0.3, -0.25) is 4.79 Å². The van der Waals surface area contributed by atoms with Crippen LogP contribution in [0.15, 0.2) is 12.4 Å². The standard InChI is InChI=1S/C12H18N4O/c1-2-5-13-11-9-14-10(8-15-11)12(17)16-6-3-4-7-16/h8-9H,2-7H2,1H3,(H,13,15). The molecule has 5 heteroatoms. The van der Waals surface area contributed by atoms with Crippen LogP contribution in [0.25, 0.3) is 0 Å². The first-order valence-electron chi connectivity index (χ1n) is 6.16. The van der Waals surface area contributed by atoms with E-state index < -0.39 is 0 Å². The van der Waals surface area contributed by atoms with E-state index in [1.54, 1.807) is 12.4 Å². The highest BCUT2D eigenvalue weighted by Crippen LogP contribution is 2.11. The van der Waals surface area contributed by atoms with Crippen molar-refractivity contribution in [3.8, 4) is 0 Å². The predicted octanol–water partition coefficient (Wildman–Crippen LogP) is 1.53. The average Bonchev–Trinajstić information content (AvgIpc) is 2.90. The minimum atomic E-state index is -0.00274. The Bertz CT molecular complexity index is 371. The molecule has 0 saturated carbocycles. The van der Waals surface area contributed by atoms with Gasteiger partial charge in [0.2, 0.25) is 0 Å². The van der Waals surface area contributed by atoms with Crippen LogP contribution in [0.2, 0.25) is 0 Å².